The molecule has 5 rings (SSSR count). The molecule has 11 heteroatoms. The molecule has 5 aromatic rings. The van der Waals surface area contributed by atoms with Crippen LogP contribution in [0.4, 0.5) is 22.7 Å². The molecule has 0 fully saturated rings. The molecule has 0 bridgehead atoms. The highest BCUT2D eigenvalue weighted by Crippen LogP contribution is 2.36. The van der Waals surface area contributed by atoms with Crippen LogP contribution >= 0.6 is 12.0 Å². The Morgan fingerprint density at radius 1 is 0.833 bits per heavy atom. The predicted octanol–water partition coefficient (Wildman–Crippen LogP) is 4.31. The molecule has 0 saturated carbocycles. The van der Waals surface area contributed by atoms with Crippen molar-refractivity contribution in [3.8, 4) is 5.75 Å². The first-order valence-electron chi connectivity index (χ1n) is 12.5. The number of carbonyl (C=O) groups is 1. The van der Waals surface area contributed by atoms with Crippen molar-refractivity contribution in [3.05, 3.63) is 119 Å². The summed E-state index contributed by atoms with van der Waals surface area (Å²) >= 11 is 0.749. The van der Waals surface area contributed by atoms with Crippen LogP contribution in [0.2, 0.25) is 0 Å². The minimum absolute atomic E-state index is 0.157. The van der Waals surface area contributed by atoms with E-state index in [9.17, 15) is 15.0 Å². The first kappa shape index (κ1) is 31.6. The highest BCUT2D eigenvalue weighted by Gasteiger charge is 2.08. The number of anilines is 4. The van der Waals surface area contributed by atoms with Crippen molar-refractivity contribution in [2.24, 2.45) is 0 Å². The highest BCUT2D eigenvalue weighted by atomic mass is 32.2. The number of benzene rings is 5. The number of carboxylic acids is 1. The fraction of sp³-hybridized carbons (Fsp3) is 0.0645. The van der Waals surface area contributed by atoms with Gasteiger partial charge in [-0.3, -0.25) is 0 Å². The number of nitrogen functional groups attached to an aromatic ring is 4. The molecule has 0 aliphatic rings. The summed E-state index contributed by atoms with van der Waals surface area (Å²) in [5.41, 5.74) is 27.6. The van der Waals surface area contributed by atoms with Gasteiger partial charge in [-0.15, -0.1) is 4.33 Å². The average Bonchev–Trinajstić information content (AvgIpc) is 2.97. The lowest BCUT2D eigenvalue weighted by Crippen LogP contribution is -2.23. The maximum absolute atomic E-state index is 12.3. The Morgan fingerprint density at radius 2 is 1.45 bits per heavy atom. The van der Waals surface area contributed by atoms with Gasteiger partial charge in [-0.25, -0.2) is 5.26 Å². The zero-order valence-electron chi connectivity index (χ0n) is 22.7. The van der Waals surface area contributed by atoms with Gasteiger partial charge in [-0.05, 0) is 83.3 Å². The molecule has 5 aromatic carbocycles. The van der Waals surface area contributed by atoms with E-state index in [1.54, 1.807) is 49.4 Å². The van der Waals surface area contributed by atoms with E-state index >= 15 is 0 Å². The van der Waals surface area contributed by atoms with E-state index in [0.717, 1.165) is 39.9 Å². The van der Waals surface area contributed by atoms with Gasteiger partial charge >= 0.3 is 0 Å². The Balaban J connectivity index is 0.000000210. The lowest BCUT2D eigenvalue weighted by atomic mass is 9.98. The summed E-state index contributed by atoms with van der Waals surface area (Å²) in [4.78, 5) is 10.9. The van der Waals surface area contributed by atoms with Crippen LogP contribution in [0.25, 0.3) is 10.8 Å². The average molecular weight is 587 g/mol. The van der Waals surface area contributed by atoms with Gasteiger partial charge in [-0.2, -0.15) is 0 Å². The second-order valence-corrected chi connectivity index (χ2v) is 9.85. The Labute approximate surface area is 247 Å². The number of hydrogen-bond donors (Lipinski definition) is 5. The van der Waals surface area contributed by atoms with Crippen molar-refractivity contribution in [1.29, 1.82) is 0 Å². The molecule has 0 amide bonds. The van der Waals surface area contributed by atoms with Crippen LogP contribution in [0.5, 0.6) is 5.75 Å². The van der Waals surface area contributed by atoms with Crippen LogP contribution in [-0.4, -0.2) is 11.2 Å². The van der Waals surface area contributed by atoms with E-state index in [1.807, 2.05) is 42.5 Å². The quantitative estimate of drug-likeness (QED) is 0.0820. The number of rotatable bonds is 6. The molecule has 0 aliphatic heterocycles. The maximum Gasteiger partial charge on any atom is 0.0718 e. The van der Waals surface area contributed by atoms with Gasteiger partial charge in [-0.1, -0.05) is 65.4 Å². The highest BCUT2D eigenvalue weighted by molar-refractivity contribution is 7.94. The smallest absolute Gasteiger partial charge is 0.0718 e. The SMILES string of the molecule is Cc1ccc(N)cc1C(=O)[O-].Nc1c(Cc2ccccc2)ccc2cc(SOOO)cc([O-])c12.Nc1ccc(N)cc1. The van der Waals surface area contributed by atoms with Crippen LogP contribution in [-0.2, 0) is 15.8 Å². The summed E-state index contributed by atoms with van der Waals surface area (Å²) in [5.74, 6) is -1.38. The van der Waals surface area contributed by atoms with Crippen molar-refractivity contribution < 1.29 is 29.6 Å². The van der Waals surface area contributed by atoms with Gasteiger partial charge in [0.25, 0.3) is 0 Å². The molecule has 0 heterocycles. The molecule has 218 valence electrons. The largest absolute Gasteiger partial charge is 0.872 e. The molecular weight excluding hydrogens is 556 g/mol. The molecule has 0 aromatic heterocycles. The second kappa shape index (κ2) is 15.2. The van der Waals surface area contributed by atoms with Gasteiger partial charge in [0.1, 0.15) is 0 Å². The van der Waals surface area contributed by atoms with Crippen molar-refractivity contribution >= 4 is 51.5 Å². The number of aromatic carboxylic acids is 1. The third-order valence-corrected chi connectivity index (χ3v) is 6.56. The van der Waals surface area contributed by atoms with E-state index in [0.29, 0.717) is 33.6 Å². The molecule has 0 unspecified atom stereocenters. The van der Waals surface area contributed by atoms with Crippen LogP contribution in [0.1, 0.15) is 27.0 Å². The number of fused-ring (bicyclic) bond motifs is 1. The lowest BCUT2D eigenvalue weighted by Gasteiger charge is -2.17. The third-order valence-electron chi connectivity index (χ3n) is 6.00. The zero-order valence-corrected chi connectivity index (χ0v) is 23.5. The predicted molar refractivity (Wildman–Crippen MR) is 163 cm³/mol. The molecule has 42 heavy (non-hydrogen) atoms. The van der Waals surface area contributed by atoms with Crippen LogP contribution in [0.15, 0.2) is 102 Å². The minimum atomic E-state index is -1.19. The van der Waals surface area contributed by atoms with Crippen LogP contribution < -0.4 is 33.1 Å². The molecule has 0 saturated heterocycles. The fourth-order valence-corrected chi connectivity index (χ4v) is 4.34. The van der Waals surface area contributed by atoms with Gasteiger partial charge in [0, 0.05) is 33.2 Å². The van der Waals surface area contributed by atoms with E-state index in [1.165, 1.54) is 12.1 Å². The summed E-state index contributed by atoms with van der Waals surface area (Å²) in [7, 11) is 0. The van der Waals surface area contributed by atoms with E-state index < -0.39 is 5.97 Å². The molecule has 9 N–H and O–H groups in total. The molecule has 10 nitrogen and oxygen atoms in total. The first-order chi connectivity index (χ1) is 20.1. The summed E-state index contributed by atoms with van der Waals surface area (Å²) in [6, 6.07) is 28.7. The summed E-state index contributed by atoms with van der Waals surface area (Å²) in [6.07, 6.45) is 0.667. The van der Waals surface area contributed by atoms with Crippen molar-refractivity contribution in [1.82, 2.24) is 0 Å². The second-order valence-electron chi connectivity index (χ2n) is 9.07. The number of carboxylic acid groups (broad SMARTS) is 1. The fourth-order valence-electron chi connectivity index (χ4n) is 3.90. The first-order valence-corrected chi connectivity index (χ1v) is 13.2. The Morgan fingerprint density at radius 3 is 2.02 bits per heavy atom. The number of aryl methyl sites for hydroxylation is 1. The molecular formula is C31H30N4O6S-2. The Bertz CT molecular complexity index is 1610. The Hall–Kier alpha value is -4.94. The minimum Gasteiger partial charge on any atom is -0.872 e. The van der Waals surface area contributed by atoms with Gasteiger partial charge < -0.3 is 37.9 Å². The van der Waals surface area contributed by atoms with Crippen LogP contribution in [0.3, 0.4) is 0 Å². The van der Waals surface area contributed by atoms with E-state index in [2.05, 4.69) is 9.37 Å². The monoisotopic (exact) mass is 586 g/mol. The molecule has 0 aliphatic carbocycles. The Kier molecular flexibility index (Phi) is 11.4. The van der Waals surface area contributed by atoms with E-state index in [4.69, 9.17) is 28.2 Å². The zero-order chi connectivity index (χ0) is 30.6. The van der Waals surface area contributed by atoms with Gasteiger partial charge in [0.15, 0.2) is 0 Å². The topological polar surface area (TPSA) is 206 Å². The van der Waals surface area contributed by atoms with Crippen LogP contribution in [0, 0.1) is 6.92 Å². The summed E-state index contributed by atoms with van der Waals surface area (Å²) in [6.45, 7) is 1.70. The molecule has 0 spiro atoms. The summed E-state index contributed by atoms with van der Waals surface area (Å²) in [5, 5.41) is 35.7. The maximum atomic E-state index is 12.3. The van der Waals surface area contributed by atoms with Crippen molar-refractivity contribution in [2.45, 2.75) is 18.2 Å². The normalized spacial score (nSPS) is 10.2. The third kappa shape index (κ3) is 9.04. The number of carbonyl (C=O) groups excluding carboxylic acids is 1. The lowest BCUT2D eigenvalue weighted by molar-refractivity contribution is -0.432. The van der Waals surface area contributed by atoms with E-state index in [-0.39, 0.29) is 11.3 Å². The number of hydrogen-bond acceptors (Lipinski definition) is 11. The van der Waals surface area contributed by atoms with Crippen molar-refractivity contribution in [2.75, 3.05) is 22.9 Å². The van der Waals surface area contributed by atoms with Gasteiger partial charge in [0.05, 0.1) is 18.0 Å². The molecule has 0 radical (unpaired) electrons. The summed E-state index contributed by atoms with van der Waals surface area (Å²) < 4.78 is 4.36. The standard InChI is InChI=1S/C17H15NO4S.C8H9NO2.C6H8N2/c18-17-13(8-11-4-2-1-3-5-11)7-6-12-9-14(23-22-21-20)10-15(19)16(12)17;1-5-2-3-6(9)4-7(5)8(10)11;7-5-1-2-6(8)4-3-5/h1-7,9-10,19-20H,8,18H2;2-4H,9H2,1H3,(H,10,11);1-4H,7-8H2/p-2. The van der Waals surface area contributed by atoms with Gasteiger partial charge in [0.2, 0.25) is 0 Å². The number of nitrogens with two attached hydrogens (primary N) is 4. The molecule has 0 atom stereocenters. The van der Waals surface area contributed by atoms with Crippen molar-refractivity contribution in [3.63, 3.8) is 0 Å².